The zero-order valence-corrected chi connectivity index (χ0v) is 23.4. The number of aliphatic hydroxyl groups excluding tert-OH is 1. The second-order valence-electron chi connectivity index (χ2n) is 12.1. The summed E-state index contributed by atoms with van der Waals surface area (Å²) in [5.74, 6) is 0.168. The fourth-order valence-electron chi connectivity index (χ4n) is 7.08. The van der Waals surface area contributed by atoms with Crippen LogP contribution in [-0.4, -0.2) is 57.6 Å². The number of hydrogen-bond acceptors (Lipinski definition) is 7. The first-order valence-corrected chi connectivity index (χ1v) is 14.3. The molecule has 41 heavy (non-hydrogen) atoms. The van der Waals surface area contributed by atoms with Gasteiger partial charge in [0.1, 0.15) is 12.2 Å². The Balaban J connectivity index is 1.09. The highest BCUT2D eigenvalue weighted by atomic mass is 16.6. The van der Waals surface area contributed by atoms with Crippen molar-refractivity contribution in [2.45, 2.75) is 49.9 Å². The number of nitrogens with zero attached hydrogens (tertiary/aromatic N) is 4. The molecule has 5 heterocycles. The third kappa shape index (κ3) is 4.18. The van der Waals surface area contributed by atoms with Crippen LogP contribution in [0.5, 0.6) is 0 Å². The molecule has 2 N–H and O–H groups in total. The predicted octanol–water partition coefficient (Wildman–Crippen LogP) is 4.11. The van der Waals surface area contributed by atoms with Gasteiger partial charge in [0.05, 0.1) is 30.6 Å². The van der Waals surface area contributed by atoms with Crippen LogP contribution in [0, 0.1) is 12.8 Å². The molecular formula is C32H35N5O4. The van der Waals surface area contributed by atoms with E-state index >= 15 is 0 Å². The Hall–Kier alpha value is -3.95. The van der Waals surface area contributed by atoms with Gasteiger partial charge in [0.25, 0.3) is 0 Å². The van der Waals surface area contributed by atoms with Crippen molar-refractivity contribution < 1.29 is 19.4 Å². The third-order valence-electron chi connectivity index (χ3n) is 9.43. The Morgan fingerprint density at radius 1 is 1.17 bits per heavy atom. The standard InChI is InChI=1S/C32H35N5O4/c1-22-15-25(36-14-13-30(2,20-36)24-11-7-4-8-12-24)16-37-27(22)33-28(35-37)32-19-31(21-41-32,26(32)17-38)34-29(39)40-18-23-9-5-3-6-10-23/h3-12,15-16,26,38H,13-14,17-21H2,1-2H3,(H,34,39)/t26?,30-,31?,32?/m0/s1. The summed E-state index contributed by atoms with van der Waals surface area (Å²) in [6.45, 7) is 6.56. The third-order valence-corrected chi connectivity index (χ3v) is 9.43. The van der Waals surface area contributed by atoms with Crippen molar-refractivity contribution in [2.24, 2.45) is 5.92 Å². The summed E-state index contributed by atoms with van der Waals surface area (Å²) in [5, 5.41) is 18.3. The monoisotopic (exact) mass is 553 g/mol. The zero-order valence-electron chi connectivity index (χ0n) is 23.4. The number of aryl methyl sites for hydroxylation is 1. The van der Waals surface area contributed by atoms with E-state index in [9.17, 15) is 9.90 Å². The SMILES string of the molecule is Cc1cc(N2CC[C@](C)(c3ccccc3)C2)cn2nc(C34CC(NC(=O)OCc5ccccc5)(CO3)C4CO)nc12. The van der Waals surface area contributed by atoms with E-state index in [1.165, 1.54) is 5.56 Å². The van der Waals surface area contributed by atoms with E-state index in [-0.39, 0.29) is 31.2 Å². The normalized spacial score (nSPS) is 28.6. The van der Waals surface area contributed by atoms with Crippen LogP contribution in [0.15, 0.2) is 72.9 Å². The summed E-state index contributed by atoms with van der Waals surface area (Å²) in [7, 11) is 0. The van der Waals surface area contributed by atoms with Crippen LogP contribution in [0.4, 0.5) is 10.5 Å². The number of rotatable bonds is 7. The van der Waals surface area contributed by atoms with Crippen LogP contribution < -0.4 is 10.2 Å². The van der Waals surface area contributed by atoms with Crippen LogP contribution in [0.2, 0.25) is 0 Å². The molecule has 3 aliphatic heterocycles. The number of carbonyl (C=O) groups is 1. The first-order chi connectivity index (χ1) is 19.8. The molecule has 0 spiro atoms. The number of pyridine rings is 1. The van der Waals surface area contributed by atoms with E-state index < -0.39 is 17.2 Å². The first kappa shape index (κ1) is 26.0. The quantitative estimate of drug-likeness (QED) is 0.355. The van der Waals surface area contributed by atoms with Gasteiger partial charge in [-0.15, -0.1) is 5.10 Å². The topological polar surface area (TPSA) is 101 Å². The van der Waals surface area contributed by atoms with Gasteiger partial charge in [-0.2, -0.15) is 0 Å². The van der Waals surface area contributed by atoms with E-state index in [0.29, 0.717) is 12.2 Å². The molecule has 4 fully saturated rings. The fourth-order valence-corrected chi connectivity index (χ4v) is 7.08. The minimum Gasteiger partial charge on any atom is -0.445 e. The summed E-state index contributed by atoms with van der Waals surface area (Å²) < 4.78 is 13.6. The van der Waals surface area contributed by atoms with Crippen molar-refractivity contribution in [3.8, 4) is 0 Å². The lowest BCUT2D eigenvalue weighted by atomic mass is 9.58. The highest BCUT2D eigenvalue weighted by Gasteiger charge is 2.73. The molecule has 3 saturated heterocycles. The number of fused-ring (bicyclic) bond motifs is 2. The average molecular weight is 554 g/mol. The fraction of sp³-hybridized carbons (Fsp3) is 0.406. The van der Waals surface area contributed by atoms with Crippen LogP contribution in [-0.2, 0) is 27.1 Å². The van der Waals surface area contributed by atoms with Gasteiger partial charge in [-0.05, 0) is 36.1 Å². The molecule has 9 heteroatoms. The molecule has 1 saturated carbocycles. The molecule has 8 rings (SSSR count). The summed E-state index contributed by atoms with van der Waals surface area (Å²) in [6, 6.07) is 22.4. The van der Waals surface area contributed by atoms with Crippen molar-refractivity contribution in [1.29, 1.82) is 0 Å². The Morgan fingerprint density at radius 2 is 1.93 bits per heavy atom. The number of aliphatic hydroxyl groups is 1. The summed E-state index contributed by atoms with van der Waals surface area (Å²) in [5.41, 5.74) is 3.71. The van der Waals surface area contributed by atoms with Gasteiger partial charge < -0.3 is 24.8 Å². The van der Waals surface area contributed by atoms with Gasteiger partial charge >= 0.3 is 6.09 Å². The molecule has 0 radical (unpaired) electrons. The smallest absolute Gasteiger partial charge is 0.407 e. The van der Waals surface area contributed by atoms with E-state index in [1.807, 2.05) is 41.0 Å². The molecule has 1 amide bonds. The maximum Gasteiger partial charge on any atom is 0.407 e. The van der Waals surface area contributed by atoms with Crippen molar-refractivity contribution in [1.82, 2.24) is 19.9 Å². The second kappa shape index (κ2) is 9.56. The Labute approximate surface area is 239 Å². The van der Waals surface area contributed by atoms with Crippen molar-refractivity contribution in [2.75, 3.05) is 31.2 Å². The highest BCUT2D eigenvalue weighted by molar-refractivity contribution is 5.69. The molecule has 4 atom stereocenters. The van der Waals surface area contributed by atoms with Gasteiger partial charge in [-0.25, -0.2) is 14.3 Å². The van der Waals surface area contributed by atoms with E-state index in [4.69, 9.17) is 19.6 Å². The van der Waals surface area contributed by atoms with Gasteiger partial charge in [-0.1, -0.05) is 67.6 Å². The van der Waals surface area contributed by atoms with Crippen LogP contribution in [0.1, 0.15) is 42.3 Å². The minimum absolute atomic E-state index is 0.0904. The number of hydrogen-bond donors (Lipinski definition) is 2. The Kier molecular flexibility index (Phi) is 6.06. The molecule has 2 bridgehead atoms. The van der Waals surface area contributed by atoms with Crippen LogP contribution >= 0.6 is 0 Å². The molecular weight excluding hydrogens is 518 g/mol. The number of amides is 1. The lowest BCUT2D eigenvalue weighted by molar-refractivity contribution is -0.0968. The Morgan fingerprint density at radius 3 is 2.68 bits per heavy atom. The second-order valence-corrected chi connectivity index (χ2v) is 12.1. The van der Waals surface area contributed by atoms with Gasteiger partial charge in [0.15, 0.2) is 11.5 Å². The van der Waals surface area contributed by atoms with Crippen LogP contribution in [0.3, 0.4) is 0 Å². The summed E-state index contributed by atoms with van der Waals surface area (Å²) in [4.78, 5) is 20.0. The largest absolute Gasteiger partial charge is 0.445 e. The first-order valence-electron chi connectivity index (χ1n) is 14.3. The summed E-state index contributed by atoms with van der Waals surface area (Å²) >= 11 is 0. The minimum atomic E-state index is -0.848. The number of ether oxygens (including phenoxy) is 2. The molecule has 212 valence electrons. The number of anilines is 1. The van der Waals surface area contributed by atoms with Crippen LogP contribution in [0.25, 0.3) is 5.65 Å². The number of benzene rings is 2. The van der Waals surface area contributed by atoms with E-state index in [2.05, 4.69) is 60.5 Å². The molecule has 9 nitrogen and oxygen atoms in total. The average Bonchev–Trinajstić information content (AvgIpc) is 3.75. The maximum absolute atomic E-state index is 12.7. The number of aromatic nitrogens is 3. The molecule has 4 aliphatic rings. The number of nitrogens with one attached hydrogen (secondary N) is 1. The van der Waals surface area contributed by atoms with Crippen molar-refractivity contribution >= 4 is 17.4 Å². The van der Waals surface area contributed by atoms with Gasteiger partial charge in [0.2, 0.25) is 0 Å². The maximum atomic E-state index is 12.7. The molecule has 4 aromatic rings. The molecule has 2 aromatic heterocycles. The number of alkyl carbamates (subject to hydrolysis) is 1. The van der Waals surface area contributed by atoms with E-state index in [0.717, 1.165) is 42.0 Å². The summed E-state index contributed by atoms with van der Waals surface area (Å²) in [6.07, 6.45) is 3.08. The number of carbonyl (C=O) groups excluding carboxylic acids is 1. The zero-order chi connectivity index (χ0) is 28.2. The van der Waals surface area contributed by atoms with E-state index in [1.54, 1.807) is 0 Å². The lowest BCUT2D eigenvalue weighted by Gasteiger charge is -2.50. The van der Waals surface area contributed by atoms with Gasteiger partial charge in [0, 0.05) is 30.8 Å². The highest BCUT2D eigenvalue weighted by Crippen LogP contribution is 2.61. The predicted molar refractivity (Wildman–Crippen MR) is 154 cm³/mol. The molecule has 2 aromatic carbocycles. The van der Waals surface area contributed by atoms with Crippen molar-refractivity contribution in [3.05, 3.63) is 95.4 Å². The Bertz CT molecular complexity index is 1590. The van der Waals surface area contributed by atoms with Gasteiger partial charge in [-0.3, -0.25) is 0 Å². The van der Waals surface area contributed by atoms with Crippen molar-refractivity contribution in [3.63, 3.8) is 0 Å². The molecule has 1 aliphatic carbocycles. The lowest BCUT2D eigenvalue weighted by Crippen LogP contribution is -2.67. The molecule has 3 unspecified atom stereocenters.